The number of nitrogens with zero attached hydrogens (tertiary/aromatic N) is 1. The summed E-state index contributed by atoms with van der Waals surface area (Å²) in [6.45, 7) is 4.68. The molecule has 1 rings (SSSR count). The molecule has 1 fully saturated rings. The summed E-state index contributed by atoms with van der Waals surface area (Å²) in [6, 6.07) is 0. The van der Waals surface area contributed by atoms with Crippen LogP contribution in [-0.4, -0.2) is 38.7 Å². The van der Waals surface area contributed by atoms with Crippen LogP contribution in [0, 0.1) is 5.92 Å². The van der Waals surface area contributed by atoms with E-state index in [0.29, 0.717) is 6.42 Å². The zero-order valence-electron chi connectivity index (χ0n) is 15.4. The van der Waals surface area contributed by atoms with Gasteiger partial charge in [0.1, 0.15) is 0 Å². The molecule has 1 aliphatic rings. The number of rotatable bonds is 11. The molecular formula is C18H36IN3O2. The maximum Gasteiger partial charge on any atom is 0.305 e. The van der Waals surface area contributed by atoms with Crippen LogP contribution < -0.4 is 10.6 Å². The fourth-order valence-electron chi connectivity index (χ4n) is 3.08. The summed E-state index contributed by atoms with van der Waals surface area (Å²) in [6.07, 6.45) is 11.9. The van der Waals surface area contributed by atoms with Crippen molar-refractivity contribution in [1.29, 1.82) is 0 Å². The molecule has 0 bridgehead atoms. The average molecular weight is 453 g/mol. The van der Waals surface area contributed by atoms with Crippen molar-refractivity contribution in [2.24, 2.45) is 10.9 Å². The molecule has 0 saturated heterocycles. The highest BCUT2D eigenvalue weighted by atomic mass is 127. The van der Waals surface area contributed by atoms with Crippen molar-refractivity contribution >= 4 is 35.9 Å². The first kappa shape index (κ1) is 23.5. The first-order valence-electron chi connectivity index (χ1n) is 9.35. The Bertz CT molecular complexity index is 345. The quantitative estimate of drug-likeness (QED) is 0.164. The van der Waals surface area contributed by atoms with Crippen LogP contribution in [0.4, 0.5) is 0 Å². The van der Waals surface area contributed by atoms with Crippen molar-refractivity contribution in [3.05, 3.63) is 0 Å². The molecule has 0 amide bonds. The Morgan fingerprint density at radius 1 is 1.12 bits per heavy atom. The summed E-state index contributed by atoms with van der Waals surface area (Å²) in [7, 11) is 1.43. The van der Waals surface area contributed by atoms with Crippen LogP contribution >= 0.6 is 24.0 Å². The van der Waals surface area contributed by atoms with Gasteiger partial charge in [0.05, 0.1) is 7.11 Å². The van der Waals surface area contributed by atoms with Gasteiger partial charge in [0.25, 0.3) is 0 Å². The molecule has 0 radical (unpaired) electrons. The van der Waals surface area contributed by atoms with E-state index in [9.17, 15) is 4.79 Å². The number of hydrogen-bond donors (Lipinski definition) is 2. The first-order chi connectivity index (χ1) is 11.3. The second kappa shape index (κ2) is 16.0. The van der Waals surface area contributed by atoms with Crippen molar-refractivity contribution in [2.75, 3.05) is 26.7 Å². The predicted octanol–water partition coefficient (Wildman–Crippen LogP) is 3.86. The molecule has 24 heavy (non-hydrogen) atoms. The maximum atomic E-state index is 11.0. The Kier molecular flexibility index (Phi) is 15.6. The number of guanidine groups is 1. The SMILES string of the molecule is CCNC(=NCCCCC1CCCC1)NCCCCC(=O)OC.I. The number of methoxy groups -OCH3 is 1. The lowest BCUT2D eigenvalue weighted by Crippen LogP contribution is -2.37. The fraction of sp³-hybridized carbons (Fsp3) is 0.889. The summed E-state index contributed by atoms with van der Waals surface area (Å²) in [4.78, 5) is 15.7. The molecule has 0 unspecified atom stereocenters. The van der Waals surface area contributed by atoms with Gasteiger partial charge in [0.2, 0.25) is 0 Å². The molecule has 6 heteroatoms. The Hall–Kier alpha value is -0.530. The van der Waals surface area contributed by atoms with Crippen molar-refractivity contribution in [3.63, 3.8) is 0 Å². The van der Waals surface area contributed by atoms with Gasteiger partial charge in [-0.05, 0) is 32.1 Å². The molecule has 1 saturated carbocycles. The van der Waals surface area contributed by atoms with Crippen LogP contribution in [-0.2, 0) is 9.53 Å². The molecule has 1 aliphatic carbocycles. The molecule has 0 spiro atoms. The van der Waals surface area contributed by atoms with Gasteiger partial charge in [-0.25, -0.2) is 0 Å². The molecule has 2 N–H and O–H groups in total. The van der Waals surface area contributed by atoms with E-state index in [1.807, 2.05) is 0 Å². The Balaban J connectivity index is 0.00000529. The molecule has 0 aromatic carbocycles. The van der Waals surface area contributed by atoms with Crippen LogP contribution in [0.3, 0.4) is 0 Å². The fourth-order valence-corrected chi connectivity index (χ4v) is 3.08. The van der Waals surface area contributed by atoms with Crippen LogP contribution in [0.15, 0.2) is 4.99 Å². The van der Waals surface area contributed by atoms with E-state index in [4.69, 9.17) is 0 Å². The van der Waals surface area contributed by atoms with Crippen molar-refractivity contribution in [1.82, 2.24) is 10.6 Å². The van der Waals surface area contributed by atoms with Crippen LogP contribution in [0.5, 0.6) is 0 Å². The summed E-state index contributed by atoms with van der Waals surface area (Å²) < 4.78 is 4.63. The van der Waals surface area contributed by atoms with Gasteiger partial charge in [-0.1, -0.05) is 38.5 Å². The van der Waals surface area contributed by atoms with E-state index in [1.165, 1.54) is 52.1 Å². The molecule has 0 aromatic heterocycles. The van der Waals surface area contributed by atoms with Gasteiger partial charge in [0.15, 0.2) is 5.96 Å². The Morgan fingerprint density at radius 2 is 1.88 bits per heavy atom. The highest BCUT2D eigenvalue weighted by Gasteiger charge is 2.13. The minimum Gasteiger partial charge on any atom is -0.469 e. The lowest BCUT2D eigenvalue weighted by atomic mass is 10.0. The number of esters is 1. The van der Waals surface area contributed by atoms with E-state index >= 15 is 0 Å². The third-order valence-corrected chi connectivity index (χ3v) is 4.44. The van der Waals surface area contributed by atoms with Gasteiger partial charge in [0, 0.05) is 26.1 Å². The number of hydrogen-bond acceptors (Lipinski definition) is 3. The Morgan fingerprint density at radius 3 is 2.54 bits per heavy atom. The van der Waals surface area contributed by atoms with Crippen molar-refractivity contribution in [3.8, 4) is 0 Å². The highest BCUT2D eigenvalue weighted by molar-refractivity contribution is 14.0. The summed E-state index contributed by atoms with van der Waals surface area (Å²) in [5.41, 5.74) is 0. The number of unbranched alkanes of at least 4 members (excludes halogenated alkanes) is 2. The van der Waals surface area contributed by atoms with E-state index in [0.717, 1.165) is 44.4 Å². The minimum absolute atomic E-state index is 0. The van der Waals surface area contributed by atoms with E-state index in [-0.39, 0.29) is 29.9 Å². The van der Waals surface area contributed by atoms with Gasteiger partial charge >= 0.3 is 5.97 Å². The van der Waals surface area contributed by atoms with E-state index in [2.05, 4.69) is 27.3 Å². The van der Waals surface area contributed by atoms with Gasteiger partial charge in [-0.3, -0.25) is 9.79 Å². The second-order valence-corrected chi connectivity index (χ2v) is 6.37. The number of ether oxygens (including phenoxy) is 1. The van der Waals surface area contributed by atoms with E-state index < -0.39 is 0 Å². The molecule has 0 atom stereocenters. The summed E-state index contributed by atoms with van der Waals surface area (Å²) >= 11 is 0. The smallest absolute Gasteiger partial charge is 0.305 e. The van der Waals surface area contributed by atoms with Gasteiger partial charge < -0.3 is 15.4 Å². The predicted molar refractivity (Wildman–Crippen MR) is 111 cm³/mol. The molecule has 142 valence electrons. The lowest BCUT2D eigenvalue weighted by Gasteiger charge is -2.11. The minimum atomic E-state index is -0.132. The monoisotopic (exact) mass is 453 g/mol. The zero-order valence-corrected chi connectivity index (χ0v) is 17.8. The molecular weight excluding hydrogens is 417 g/mol. The number of carbonyl (C=O) groups is 1. The summed E-state index contributed by atoms with van der Waals surface area (Å²) in [5, 5.41) is 6.60. The van der Waals surface area contributed by atoms with Crippen LogP contribution in [0.1, 0.15) is 71.1 Å². The maximum absolute atomic E-state index is 11.0. The number of aliphatic imine (C=N–C) groups is 1. The molecule has 0 aliphatic heterocycles. The van der Waals surface area contributed by atoms with Crippen molar-refractivity contribution < 1.29 is 9.53 Å². The highest BCUT2D eigenvalue weighted by Crippen LogP contribution is 2.28. The molecule has 0 aromatic rings. The van der Waals surface area contributed by atoms with E-state index in [1.54, 1.807) is 0 Å². The second-order valence-electron chi connectivity index (χ2n) is 6.37. The third-order valence-electron chi connectivity index (χ3n) is 4.44. The number of halogens is 1. The first-order valence-corrected chi connectivity index (χ1v) is 9.35. The standard InChI is InChI=1S/C18H35N3O2.HI/c1-3-19-18(21-15-9-7-13-17(22)23-2)20-14-8-6-12-16-10-4-5-11-16;/h16H,3-15H2,1-2H3,(H2,19,20,21);1H. The molecule has 0 heterocycles. The van der Waals surface area contributed by atoms with Crippen LogP contribution in [0.2, 0.25) is 0 Å². The number of nitrogens with one attached hydrogen (secondary N) is 2. The van der Waals surface area contributed by atoms with Gasteiger partial charge in [-0.2, -0.15) is 0 Å². The zero-order chi connectivity index (χ0) is 16.8. The summed E-state index contributed by atoms with van der Waals surface area (Å²) in [5.74, 6) is 1.75. The lowest BCUT2D eigenvalue weighted by molar-refractivity contribution is -0.140. The third kappa shape index (κ3) is 11.9. The Labute approximate surface area is 164 Å². The topological polar surface area (TPSA) is 62.7 Å². The van der Waals surface area contributed by atoms with Gasteiger partial charge in [-0.15, -0.1) is 24.0 Å². The van der Waals surface area contributed by atoms with Crippen molar-refractivity contribution in [2.45, 2.75) is 71.1 Å². The normalized spacial score (nSPS) is 15.0. The largest absolute Gasteiger partial charge is 0.469 e. The molecule has 5 nitrogen and oxygen atoms in total. The average Bonchev–Trinajstić information content (AvgIpc) is 3.07. The van der Waals surface area contributed by atoms with Crippen LogP contribution in [0.25, 0.3) is 0 Å². The number of carbonyl (C=O) groups excluding carboxylic acids is 1.